The number of allylic oxidation sites excluding steroid dienone is 2. The van der Waals surface area contributed by atoms with E-state index in [1.54, 1.807) is 6.08 Å². The van der Waals surface area contributed by atoms with E-state index in [1.807, 2.05) is 13.8 Å². The largest absolute Gasteiger partial charge is 0.456 e. The molecule has 0 amide bonds. The van der Waals surface area contributed by atoms with Crippen molar-refractivity contribution < 1.29 is 38.5 Å². The molecule has 5 aliphatic rings. The van der Waals surface area contributed by atoms with Gasteiger partial charge in [0.25, 0.3) is 0 Å². The second-order valence-electron chi connectivity index (χ2n) is 10.1. The maximum atomic E-state index is 15.4. The summed E-state index contributed by atoms with van der Waals surface area (Å²) in [5.41, 5.74) is -3.48. The molecule has 8 atom stereocenters. The maximum Gasteiger partial charge on any atom is 0.332 e. The third-order valence-electron chi connectivity index (χ3n) is 9.03. The van der Waals surface area contributed by atoms with Gasteiger partial charge in [-0.15, -0.1) is 0 Å². The number of rotatable bonds is 4. The Morgan fingerprint density at radius 3 is 2.77 bits per heavy atom. The molecule has 0 aromatic heterocycles. The van der Waals surface area contributed by atoms with Crippen molar-refractivity contribution in [1.82, 2.24) is 0 Å². The van der Waals surface area contributed by atoms with Crippen LogP contribution in [0.25, 0.3) is 0 Å². The molecule has 8 heteroatoms. The van der Waals surface area contributed by atoms with E-state index in [4.69, 9.17) is 14.6 Å². The smallest absolute Gasteiger partial charge is 0.332 e. The third-order valence-corrected chi connectivity index (χ3v) is 9.03. The molecule has 0 aromatic rings. The Balaban J connectivity index is 1.48. The van der Waals surface area contributed by atoms with Gasteiger partial charge in [0.05, 0.1) is 6.10 Å². The number of ketones is 2. The fourth-order valence-corrected chi connectivity index (χ4v) is 7.41. The molecule has 1 saturated heterocycles. The molecule has 1 heterocycles. The van der Waals surface area contributed by atoms with Gasteiger partial charge in [-0.05, 0) is 62.2 Å². The summed E-state index contributed by atoms with van der Waals surface area (Å²) in [7, 11) is 0. The van der Waals surface area contributed by atoms with Crippen LogP contribution >= 0.6 is 0 Å². The van der Waals surface area contributed by atoms with E-state index < -0.39 is 53.2 Å². The second-order valence-corrected chi connectivity index (χ2v) is 10.1. The lowest BCUT2D eigenvalue weighted by molar-refractivity contribution is -0.167. The van der Waals surface area contributed by atoms with E-state index in [-0.39, 0.29) is 36.6 Å². The summed E-state index contributed by atoms with van der Waals surface area (Å²) in [4.78, 5) is 36.1. The third kappa shape index (κ3) is 2.41. The average Bonchev–Trinajstić information content (AvgIpc) is 3.39. The number of hydrogen-bond acceptors (Lipinski definition) is 7. The summed E-state index contributed by atoms with van der Waals surface area (Å²) in [5.74, 6) is -2.12. The van der Waals surface area contributed by atoms with Gasteiger partial charge < -0.3 is 19.7 Å². The Hall–Kier alpha value is -1.90. The standard InChI is InChI=1S/C23H27FO7/c1-20-5-3-12(26)7-15(20)16(24)8-14-13-4-6-22(29,17(27)11-30-19(28)10-25)21(13,2)9-18-23(14,20)31-18/h3,5,7,13-14,16,18,25,29H,4,6,8-11H2,1-2H3/t13-,14-,16-,18-,20-,21-,22-,23+/m0/s1. The topological polar surface area (TPSA) is 113 Å². The predicted molar refractivity (Wildman–Crippen MR) is 104 cm³/mol. The van der Waals surface area contributed by atoms with Gasteiger partial charge in [0.2, 0.25) is 5.78 Å². The Labute approximate surface area is 179 Å². The number of ether oxygens (including phenoxy) is 2. The van der Waals surface area contributed by atoms with E-state index in [1.165, 1.54) is 12.2 Å². The summed E-state index contributed by atoms with van der Waals surface area (Å²) >= 11 is 0. The highest BCUT2D eigenvalue weighted by Crippen LogP contribution is 2.76. The first kappa shape index (κ1) is 21.0. The lowest BCUT2D eigenvalue weighted by Gasteiger charge is -2.56. The molecular weight excluding hydrogens is 407 g/mol. The molecule has 5 rings (SSSR count). The fourth-order valence-electron chi connectivity index (χ4n) is 7.41. The summed E-state index contributed by atoms with van der Waals surface area (Å²) in [6.45, 7) is 2.32. The van der Waals surface area contributed by atoms with E-state index >= 15 is 4.39 Å². The fraction of sp³-hybridized carbons (Fsp3) is 0.696. The van der Waals surface area contributed by atoms with Crippen molar-refractivity contribution in [2.45, 2.75) is 63.0 Å². The first-order chi connectivity index (χ1) is 14.5. The highest BCUT2D eigenvalue weighted by Gasteiger charge is 2.82. The molecule has 1 spiro atoms. The Morgan fingerprint density at radius 2 is 2.06 bits per heavy atom. The van der Waals surface area contributed by atoms with Gasteiger partial charge in [0.15, 0.2) is 12.4 Å². The van der Waals surface area contributed by atoms with Crippen LogP contribution in [0.2, 0.25) is 0 Å². The summed E-state index contributed by atoms with van der Waals surface area (Å²) in [5, 5.41) is 20.3. The van der Waals surface area contributed by atoms with E-state index in [2.05, 4.69) is 0 Å². The number of esters is 1. The number of halogens is 1. The van der Waals surface area contributed by atoms with Gasteiger partial charge in [-0.3, -0.25) is 9.59 Å². The molecule has 0 bridgehead atoms. The summed E-state index contributed by atoms with van der Waals surface area (Å²) in [6, 6.07) is 0. The van der Waals surface area contributed by atoms with Crippen LogP contribution in [0.15, 0.2) is 23.8 Å². The molecule has 0 radical (unpaired) electrons. The van der Waals surface area contributed by atoms with Gasteiger partial charge in [0, 0.05) is 10.8 Å². The Morgan fingerprint density at radius 1 is 1.32 bits per heavy atom. The van der Waals surface area contributed by atoms with Crippen molar-refractivity contribution >= 4 is 17.5 Å². The number of carbonyl (C=O) groups is 3. The maximum absolute atomic E-state index is 15.4. The Bertz CT molecular complexity index is 942. The minimum absolute atomic E-state index is 0.156. The Kier molecular flexibility index (Phi) is 4.28. The van der Waals surface area contributed by atoms with Crippen molar-refractivity contribution in [3.63, 3.8) is 0 Å². The number of alkyl halides is 1. The highest BCUT2D eigenvalue weighted by atomic mass is 19.1. The van der Waals surface area contributed by atoms with Gasteiger partial charge in [-0.25, -0.2) is 9.18 Å². The van der Waals surface area contributed by atoms with E-state index in [0.717, 1.165) is 0 Å². The van der Waals surface area contributed by atoms with Crippen molar-refractivity contribution in [3.8, 4) is 0 Å². The van der Waals surface area contributed by atoms with Crippen LogP contribution in [0.4, 0.5) is 4.39 Å². The second kappa shape index (κ2) is 6.33. The van der Waals surface area contributed by atoms with Crippen LogP contribution in [0.3, 0.4) is 0 Å². The number of fused-ring (bicyclic) bond motifs is 3. The van der Waals surface area contributed by atoms with E-state index in [0.29, 0.717) is 18.4 Å². The molecule has 1 aliphatic heterocycles. The lowest BCUT2D eigenvalue weighted by atomic mass is 9.46. The average molecular weight is 434 g/mol. The van der Waals surface area contributed by atoms with Crippen LogP contribution in [-0.2, 0) is 23.9 Å². The van der Waals surface area contributed by atoms with Crippen molar-refractivity contribution in [2.75, 3.05) is 13.2 Å². The molecule has 7 nitrogen and oxygen atoms in total. The molecule has 3 saturated carbocycles. The van der Waals surface area contributed by atoms with Crippen LogP contribution < -0.4 is 0 Å². The zero-order valence-electron chi connectivity index (χ0n) is 17.6. The van der Waals surface area contributed by atoms with Crippen molar-refractivity contribution in [2.24, 2.45) is 22.7 Å². The van der Waals surface area contributed by atoms with Crippen molar-refractivity contribution in [1.29, 1.82) is 0 Å². The molecule has 0 unspecified atom stereocenters. The van der Waals surface area contributed by atoms with Crippen LogP contribution in [0.1, 0.15) is 39.5 Å². The number of aliphatic hydroxyl groups excluding tert-OH is 1. The predicted octanol–water partition coefficient (Wildman–Crippen LogP) is 1.21. The number of carbonyl (C=O) groups excluding carboxylic acids is 3. The zero-order chi connectivity index (χ0) is 22.4. The van der Waals surface area contributed by atoms with Crippen LogP contribution in [0, 0.1) is 22.7 Å². The molecule has 4 aliphatic carbocycles. The highest BCUT2D eigenvalue weighted by molar-refractivity contribution is 6.01. The SMILES string of the molecule is C[C@]12C=CC(=O)C=C1[C@@H](F)C[C@H]1[C@@H]3CC[C@](O)(C(=O)COC(=O)CO)[C@@]3(C)C[C@@H]3O[C@@]312. The normalized spacial score (nSPS) is 49.3. The molecular formula is C23H27FO7. The zero-order valence-corrected chi connectivity index (χ0v) is 17.6. The van der Waals surface area contributed by atoms with Gasteiger partial charge >= 0.3 is 5.97 Å². The van der Waals surface area contributed by atoms with Gasteiger partial charge in [-0.1, -0.05) is 13.0 Å². The molecule has 4 fully saturated rings. The number of aliphatic hydroxyl groups is 2. The number of Topliss-reactive ketones (excluding diaryl/α,β-unsaturated/α-hetero) is 1. The van der Waals surface area contributed by atoms with Gasteiger partial charge in [-0.2, -0.15) is 0 Å². The molecule has 0 aromatic carbocycles. The summed E-state index contributed by atoms with van der Waals surface area (Å²) in [6.07, 6.45) is 4.41. The minimum Gasteiger partial charge on any atom is -0.456 e. The van der Waals surface area contributed by atoms with Crippen LogP contribution in [0.5, 0.6) is 0 Å². The molecule has 168 valence electrons. The van der Waals surface area contributed by atoms with Gasteiger partial charge in [0.1, 0.15) is 24.0 Å². The molecule has 2 N–H and O–H groups in total. The summed E-state index contributed by atoms with van der Waals surface area (Å²) < 4.78 is 26.4. The quantitative estimate of drug-likeness (QED) is 0.505. The first-order valence-electron chi connectivity index (χ1n) is 10.8. The van der Waals surface area contributed by atoms with Crippen LogP contribution in [-0.4, -0.2) is 64.4 Å². The monoisotopic (exact) mass is 434 g/mol. The lowest BCUT2D eigenvalue weighted by Crippen LogP contribution is -2.62. The minimum atomic E-state index is -1.72. The first-order valence-corrected chi connectivity index (χ1v) is 10.8. The molecule has 31 heavy (non-hydrogen) atoms. The van der Waals surface area contributed by atoms with Crippen molar-refractivity contribution in [3.05, 3.63) is 23.8 Å². The number of epoxide rings is 1. The van der Waals surface area contributed by atoms with E-state index in [9.17, 15) is 19.5 Å². The number of hydrogen-bond donors (Lipinski definition) is 2.